The van der Waals surface area contributed by atoms with Crippen LogP contribution in [0, 0.1) is 5.41 Å². The predicted octanol–water partition coefficient (Wildman–Crippen LogP) is 2.27. The molecule has 1 aliphatic heterocycles. The van der Waals surface area contributed by atoms with Crippen LogP contribution in [0.25, 0.3) is 0 Å². The Kier molecular flexibility index (Phi) is 4.31. The number of hydrogen-bond acceptors (Lipinski definition) is 5. The molecule has 0 spiro atoms. The lowest BCUT2D eigenvalue weighted by atomic mass is 10.1. The molecule has 2 heterocycles. The van der Waals surface area contributed by atoms with Crippen LogP contribution < -0.4 is 4.74 Å². The van der Waals surface area contributed by atoms with E-state index in [-0.39, 0.29) is 11.4 Å². The van der Waals surface area contributed by atoms with Gasteiger partial charge in [0, 0.05) is 31.1 Å². The lowest BCUT2D eigenvalue weighted by Crippen LogP contribution is -2.41. The zero-order valence-electron chi connectivity index (χ0n) is 11.1. The first kappa shape index (κ1) is 14.3. The molecule has 0 amide bonds. The van der Waals surface area contributed by atoms with E-state index in [0.29, 0.717) is 16.9 Å². The van der Waals surface area contributed by atoms with Gasteiger partial charge in [0.05, 0.1) is 19.8 Å². The molecule has 0 atom stereocenters. The minimum absolute atomic E-state index is 0.232. The number of halogens is 2. The third-order valence-electron chi connectivity index (χ3n) is 3.77. The second-order valence-electron chi connectivity index (χ2n) is 5.47. The second-order valence-corrected chi connectivity index (χ2v) is 6.25. The lowest BCUT2D eigenvalue weighted by molar-refractivity contribution is 0.0231. The fourth-order valence-corrected chi connectivity index (χ4v) is 2.82. The molecule has 0 bridgehead atoms. The summed E-state index contributed by atoms with van der Waals surface area (Å²) in [5, 5.41) is 0.607. The van der Waals surface area contributed by atoms with Crippen LogP contribution in [0.5, 0.6) is 6.01 Å². The van der Waals surface area contributed by atoms with Crippen molar-refractivity contribution in [1.82, 2.24) is 14.9 Å². The Morgan fingerprint density at radius 1 is 1.20 bits per heavy atom. The minimum atomic E-state index is 0.232. The number of rotatable bonds is 5. The highest BCUT2D eigenvalue weighted by Gasteiger charge is 2.45. The monoisotopic (exact) mass is 317 g/mol. The maximum atomic E-state index is 5.83. The normalized spacial score (nSPS) is 21.7. The minimum Gasteiger partial charge on any atom is -0.463 e. The fraction of sp³-hybridized carbons (Fsp3) is 0.692. The molecule has 0 radical (unpaired) electrons. The van der Waals surface area contributed by atoms with Crippen molar-refractivity contribution in [2.45, 2.75) is 12.8 Å². The van der Waals surface area contributed by atoms with Gasteiger partial charge in [0.15, 0.2) is 0 Å². The van der Waals surface area contributed by atoms with Gasteiger partial charge >= 0.3 is 6.01 Å². The van der Waals surface area contributed by atoms with Crippen LogP contribution in [-0.2, 0) is 4.74 Å². The SMILES string of the molecule is Clc1cc(Cl)nc(OCC2(CN3CCOCC3)CC2)n1. The van der Waals surface area contributed by atoms with Gasteiger partial charge in [-0.3, -0.25) is 4.90 Å². The summed E-state index contributed by atoms with van der Waals surface area (Å²) >= 11 is 11.7. The predicted molar refractivity (Wildman–Crippen MR) is 76.5 cm³/mol. The van der Waals surface area contributed by atoms with Gasteiger partial charge in [0.1, 0.15) is 10.3 Å². The van der Waals surface area contributed by atoms with Crippen molar-refractivity contribution in [1.29, 1.82) is 0 Å². The van der Waals surface area contributed by atoms with E-state index in [4.69, 9.17) is 32.7 Å². The maximum absolute atomic E-state index is 5.83. The molecule has 1 saturated carbocycles. The molecule has 5 nitrogen and oxygen atoms in total. The van der Waals surface area contributed by atoms with Crippen molar-refractivity contribution in [2.24, 2.45) is 5.41 Å². The average Bonchev–Trinajstić information content (AvgIpc) is 3.17. The van der Waals surface area contributed by atoms with Crippen LogP contribution in [0.4, 0.5) is 0 Å². The molecule has 110 valence electrons. The molecule has 20 heavy (non-hydrogen) atoms. The highest BCUT2D eigenvalue weighted by molar-refractivity contribution is 6.33. The first-order chi connectivity index (χ1) is 9.65. The van der Waals surface area contributed by atoms with Crippen LogP contribution >= 0.6 is 23.2 Å². The van der Waals surface area contributed by atoms with Gasteiger partial charge in [0.25, 0.3) is 0 Å². The van der Waals surface area contributed by atoms with Gasteiger partial charge in [0.2, 0.25) is 0 Å². The summed E-state index contributed by atoms with van der Waals surface area (Å²) in [6, 6.07) is 1.76. The number of ether oxygens (including phenoxy) is 2. The Hall–Kier alpha value is -0.620. The zero-order valence-corrected chi connectivity index (χ0v) is 12.7. The molecule has 1 aliphatic carbocycles. The van der Waals surface area contributed by atoms with Crippen molar-refractivity contribution < 1.29 is 9.47 Å². The van der Waals surface area contributed by atoms with Gasteiger partial charge in [-0.25, -0.2) is 0 Å². The van der Waals surface area contributed by atoms with Gasteiger partial charge in [-0.1, -0.05) is 23.2 Å². The molecule has 1 aromatic heterocycles. The molecule has 2 aliphatic rings. The lowest BCUT2D eigenvalue weighted by Gasteiger charge is -2.30. The summed E-state index contributed by atoms with van der Waals surface area (Å²) < 4.78 is 11.1. The summed E-state index contributed by atoms with van der Waals surface area (Å²) in [7, 11) is 0. The Bertz CT molecular complexity index is 456. The summed E-state index contributed by atoms with van der Waals surface area (Å²) in [5.41, 5.74) is 0.232. The van der Waals surface area contributed by atoms with Crippen molar-refractivity contribution >= 4 is 23.2 Å². The zero-order chi connectivity index (χ0) is 14.0. The molecular weight excluding hydrogens is 301 g/mol. The highest BCUT2D eigenvalue weighted by Crippen LogP contribution is 2.46. The van der Waals surface area contributed by atoms with E-state index in [0.717, 1.165) is 32.8 Å². The van der Waals surface area contributed by atoms with Crippen LogP contribution in [0.3, 0.4) is 0 Å². The van der Waals surface area contributed by atoms with Crippen molar-refractivity contribution in [3.05, 3.63) is 16.4 Å². The number of aromatic nitrogens is 2. The number of hydrogen-bond donors (Lipinski definition) is 0. The van der Waals surface area contributed by atoms with Gasteiger partial charge in [-0.2, -0.15) is 9.97 Å². The summed E-state index contributed by atoms with van der Waals surface area (Å²) in [5.74, 6) is 0. The van der Waals surface area contributed by atoms with Crippen molar-refractivity contribution in [3.8, 4) is 6.01 Å². The summed E-state index contributed by atoms with van der Waals surface area (Å²) in [6.45, 7) is 5.31. The fourth-order valence-electron chi connectivity index (χ4n) is 2.41. The molecule has 0 N–H and O–H groups in total. The van der Waals surface area contributed by atoms with Crippen LogP contribution in [0.15, 0.2) is 6.07 Å². The van der Waals surface area contributed by atoms with E-state index in [1.807, 2.05) is 0 Å². The molecule has 0 unspecified atom stereocenters. The molecule has 3 rings (SSSR count). The quantitative estimate of drug-likeness (QED) is 0.780. The van der Waals surface area contributed by atoms with E-state index >= 15 is 0 Å². The van der Waals surface area contributed by atoms with Crippen LogP contribution in [0.2, 0.25) is 10.3 Å². The number of nitrogens with zero attached hydrogens (tertiary/aromatic N) is 3. The summed E-state index contributed by atoms with van der Waals surface area (Å²) in [6.07, 6.45) is 2.36. The van der Waals surface area contributed by atoms with E-state index in [2.05, 4.69) is 14.9 Å². The van der Waals surface area contributed by atoms with E-state index in [1.54, 1.807) is 0 Å². The average molecular weight is 318 g/mol. The molecule has 1 aromatic rings. The number of morpholine rings is 1. The van der Waals surface area contributed by atoms with Crippen molar-refractivity contribution in [3.63, 3.8) is 0 Å². The first-order valence-corrected chi connectivity index (χ1v) is 7.54. The second kappa shape index (κ2) is 6.02. The highest BCUT2D eigenvalue weighted by atomic mass is 35.5. The molecule has 0 aromatic carbocycles. The molecule has 1 saturated heterocycles. The Morgan fingerprint density at radius 3 is 2.45 bits per heavy atom. The largest absolute Gasteiger partial charge is 0.463 e. The Balaban J connectivity index is 1.54. The summed E-state index contributed by atoms with van der Waals surface area (Å²) in [4.78, 5) is 10.5. The van der Waals surface area contributed by atoms with E-state index < -0.39 is 0 Å². The van der Waals surface area contributed by atoms with Gasteiger partial charge in [-0.15, -0.1) is 0 Å². The van der Waals surface area contributed by atoms with Gasteiger partial charge in [-0.05, 0) is 12.8 Å². The molecular formula is C13H17Cl2N3O2. The first-order valence-electron chi connectivity index (χ1n) is 6.78. The standard InChI is InChI=1S/C13H17Cl2N3O2/c14-10-7-11(15)17-12(16-10)20-9-13(1-2-13)8-18-3-5-19-6-4-18/h7H,1-6,8-9H2. The smallest absolute Gasteiger partial charge is 0.319 e. The van der Waals surface area contributed by atoms with Gasteiger partial charge < -0.3 is 9.47 Å². The Morgan fingerprint density at radius 2 is 1.85 bits per heavy atom. The molecule has 7 heteroatoms. The maximum Gasteiger partial charge on any atom is 0.319 e. The Labute approximate surface area is 128 Å². The van der Waals surface area contributed by atoms with E-state index in [9.17, 15) is 0 Å². The molecule has 2 fully saturated rings. The van der Waals surface area contributed by atoms with Crippen LogP contribution in [-0.4, -0.2) is 54.3 Å². The van der Waals surface area contributed by atoms with Crippen LogP contribution in [0.1, 0.15) is 12.8 Å². The third kappa shape index (κ3) is 3.73. The van der Waals surface area contributed by atoms with E-state index in [1.165, 1.54) is 18.9 Å². The third-order valence-corrected chi connectivity index (χ3v) is 4.16. The van der Waals surface area contributed by atoms with Crippen molar-refractivity contribution in [2.75, 3.05) is 39.5 Å². The topological polar surface area (TPSA) is 47.5 Å².